The van der Waals surface area contributed by atoms with Crippen LogP contribution in [0.5, 0.6) is 0 Å². The van der Waals surface area contributed by atoms with E-state index in [0.29, 0.717) is 6.54 Å². The molecule has 2 aromatic rings. The molecule has 0 atom stereocenters. The third kappa shape index (κ3) is 4.51. The molecule has 0 unspecified atom stereocenters. The summed E-state index contributed by atoms with van der Waals surface area (Å²) in [7, 11) is 0. The van der Waals surface area contributed by atoms with Gasteiger partial charge < -0.3 is 15.1 Å². The van der Waals surface area contributed by atoms with Crippen LogP contribution >= 0.6 is 0 Å². The molecular weight excluding hydrogens is 321 g/mol. The number of piperazine rings is 1. The van der Waals surface area contributed by atoms with Gasteiger partial charge in [0.1, 0.15) is 17.3 Å². The third-order valence-electron chi connectivity index (χ3n) is 4.38. The van der Waals surface area contributed by atoms with E-state index in [1.54, 1.807) is 18.3 Å². The van der Waals surface area contributed by atoms with Gasteiger partial charge >= 0.3 is 0 Å². The van der Waals surface area contributed by atoms with Crippen molar-refractivity contribution in [2.24, 2.45) is 0 Å². The fourth-order valence-electron chi connectivity index (χ4n) is 2.77. The Bertz CT molecular complexity index is 696. The Morgan fingerprint density at radius 2 is 1.84 bits per heavy atom. The molecule has 0 aliphatic carbocycles. The number of nitrogens with one attached hydrogen (secondary N) is 1. The van der Waals surface area contributed by atoms with Crippen LogP contribution in [-0.2, 0) is 6.54 Å². The van der Waals surface area contributed by atoms with Crippen molar-refractivity contribution in [1.29, 1.82) is 0 Å². The average molecular weight is 343 g/mol. The lowest BCUT2D eigenvalue weighted by Crippen LogP contribution is -2.46. The van der Waals surface area contributed by atoms with E-state index in [1.807, 2.05) is 0 Å². The molecular formula is C18H22FN5O. The molecule has 132 valence electrons. The predicted molar refractivity (Wildman–Crippen MR) is 93.9 cm³/mol. The summed E-state index contributed by atoms with van der Waals surface area (Å²) in [5.41, 5.74) is 1.10. The van der Waals surface area contributed by atoms with E-state index in [-0.39, 0.29) is 17.4 Å². The molecule has 1 saturated heterocycles. The van der Waals surface area contributed by atoms with E-state index in [0.717, 1.165) is 44.1 Å². The Morgan fingerprint density at radius 1 is 1.12 bits per heavy atom. The highest BCUT2D eigenvalue weighted by atomic mass is 19.1. The molecule has 1 aliphatic heterocycles. The number of rotatable bonds is 5. The van der Waals surface area contributed by atoms with E-state index in [4.69, 9.17) is 0 Å². The third-order valence-corrected chi connectivity index (χ3v) is 4.38. The second-order valence-electron chi connectivity index (χ2n) is 5.99. The van der Waals surface area contributed by atoms with Gasteiger partial charge in [-0.2, -0.15) is 0 Å². The van der Waals surface area contributed by atoms with Crippen LogP contribution in [0.15, 0.2) is 36.7 Å². The van der Waals surface area contributed by atoms with Crippen LogP contribution in [0.25, 0.3) is 0 Å². The maximum atomic E-state index is 12.9. The normalized spacial score (nSPS) is 15.2. The summed E-state index contributed by atoms with van der Waals surface area (Å²) >= 11 is 0. The summed E-state index contributed by atoms with van der Waals surface area (Å²) in [6.07, 6.45) is 3.15. The molecule has 0 bridgehead atoms. The van der Waals surface area contributed by atoms with Gasteiger partial charge in [0.05, 0.1) is 12.4 Å². The first-order valence-corrected chi connectivity index (χ1v) is 8.47. The van der Waals surface area contributed by atoms with Crippen molar-refractivity contribution >= 4 is 11.7 Å². The number of amides is 1. The Labute approximate surface area is 146 Å². The number of carbonyl (C=O) groups excluding carboxylic acids is 1. The lowest BCUT2D eigenvalue weighted by atomic mass is 10.2. The zero-order valence-corrected chi connectivity index (χ0v) is 14.3. The van der Waals surface area contributed by atoms with E-state index in [9.17, 15) is 9.18 Å². The lowest BCUT2D eigenvalue weighted by Gasteiger charge is -2.34. The molecule has 1 aromatic heterocycles. The van der Waals surface area contributed by atoms with Crippen molar-refractivity contribution in [2.75, 3.05) is 37.6 Å². The summed E-state index contributed by atoms with van der Waals surface area (Å²) in [5, 5.41) is 2.76. The Morgan fingerprint density at radius 3 is 2.44 bits per heavy atom. The number of hydrogen-bond acceptors (Lipinski definition) is 5. The van der Waals surface area contributed by atoms with Crippen LogP contribution in [-0.4, -0.2) is 53.5 Å². The zero-order valence-electron chi connectivity index (χ0n) is 14.3. The van der Waals surface area contributed by atoms with Crippen molar-refractivity contribution in [1.82, 2.24) is 20.2 Å². The summed E-state index contributed by atoms with van der Waals surface area (Å²) in [6.45, 7) is 7.40. The fourth-order valence-corrected chi connectivity index (χ4v) is 2.77. The fraction of sp³-hybridized carbons (Fsp3) is 0.389. The van der Waals surface area contributed by atoms with E-state index < -0.39 is 0 Å². The average Bonchev–Trinajstić information content (AvgIpc) is 2.67. The number of hydrogen-bond donors (Lipinski definition) is 1. The second-order valence-corrected chi connectivity index (χ2v) is 5.99. The van der Waals surface area contributed by atoms with E-state index in [2.05, 4.69) is 32.0 Å². The largest absolute Gasteiger partial charge is 0.353 e. The molecule has 1 aliphatic rings. The van der Waals surface area contributed by atoms with Gasteiger partial charge in [0.2, 0.25) is 0 Å². The number of aromatic nitrogens is 2. The van der Waals surface area contributed by atoms with Gasteiger partial charge in [-0.3, -0.25) is 4.79 Å². The van der Waals surface area contributed by atoms with Crippen LogP contribution < -0.4 is 10.2 Å². The number of anilines is 1. The van der Waals surface area contributed by atoms with Crippen LogP contribution in [0.2, 0.25) is 0 Å². The minimum Gasteiger partial charge on any atom is -0.353 e. The molecule has 0 spiro atoms. The predicted octanol–water partition coefficient (Wildman–Crippen LogP) is 1.69. The first kappa shape index (κ1) is 17.3. The topological polar surface area (TPSA) is 61.4 Å². The van der Waals surface area contributed by atoms with Crippen molar-refractivity contribution in [3.8, 4) is 0 Å². The summed E-state index contributed by atoms with van der Waals surface area (Å²) < 4.78 is 12.9. The molecule has 3 rings (SSSR count). The maximum Gasteiger partial charge on any atom is 0.271 e. The molecule has 2 heterocycles. The van der Waals surface area contributed by atoms with Crippen LogP contribution in [0.3, 0.4) is 0 Å². The summed E-state index contributed by atoms with van der Waals surface area (Å²) in [5.74, 6) is 0.210. The van der Waals surface area contributed by atoms with Crippen molar-refractivity contribution in [2.45, 2.75) is 13.5 Å². The van der Waals surface area contributed by atoms with Gasteiger partial charge in [0.25, 0.3) is 5.91 Å². The molecule has 1 aromatic carbocycles. The Balaban J connectivity index is 1.54. The monoisotopic (exact) mass is 343 g/mol. The molecule has 1 N–H and O–H groups in total. The molecule has 6 nitrogen and oxygen atoms in total. The molecule has 0 saturated carbocycles. The zero-order chi connectivity index (χ0) is 17.6. The maximum absolute atomic E-state index is 12.9. The number of benzene rings is 1. The van der Waals surface area contributed by atoms with Crippen LogP contribution in [0.4, 0.5) is 10.2 Å². The Hall–Kier alpha value is -2.54. The highest BCUT2D eigenvalue weighted by Gasteiger charge is 2.17. The minimum atomic E-state index is -0.295. The summed E-state index contributed by atoms with van der Waals surface area (Å²) in [6, 6.07) is 6.02. The number of halogens is 1. The SMILES string of the molecule is CCN1CCN(c2cnc(C(=O)NCc3ccc(F)cc3)cn2)CC1. The quantitative estimate of drug-likeness (QED) is 0.895. The van der Waals surface area contributed by atoms with E-state index in [1.165, 1.54) is 18.3 Å². The molecule has 0 radical (unpaired) electrons. The lowest BCUT2D eigenvalue weighted by molar-refractivity contribution is 0.0945. The van der Waals surface area contributed by atoms with Crippen molar-refractivity contribution in [3.63, 3.8) is 0 Å². The van der Waals surface area contributed by atoms with Gasteiger partial charge in [-0.15, -0.1) is 0 Å². The van der Waals surface area contributed by atoms with Gasteiger partial charge in [-0.25, -0.2) is 14.4 Å². The van der Waals surface area contributed by atoms with Crippen LogP contribution in [0, 0.1) is 5.82 Å². The highest BCUT2D eigenvalue weighted by Crippen LogP contribution is 2.12. The minimum absolute atomic E-state index is 0.276. The number of carbonyl (C=O) groups is 1. The highest BCUT2D eigenvalue weighted by molar-refractivity contribution is 5.91. The number of nitrogens with zero attached hydrogens (tertiary/aromatic N) is 4. The molecule has 7 heteroatoms. The molecule has 1 amide bonds. The standard InChI is InChI=1S/C18H22FN5O/c1-2-23-7-9-24(10-8-23)17-13-20-16(12-21-17)18(25)22-11-14-3-5-15(19)6-4-14/h3-6,12-13H,2,7-11H2,1H3,(H,22,25). The molecule has 1 fully saturated rings. The van der Waals surface area contributed by atoms with Gasteiger partial charge in [0, 0.05) is 32.7 Å². The van der Waals surface area contributed by atoms with Crippen molar-refractivity contribution in [3.05, 3.63) is 53.7 Å². The first-order valence-electron chi connectivity index (χ1n) is 8.47. The van der Waals surface area contributed by atoms with Gasteiger partial charge in [-0.05, 0) is 24.2 Å². The first-order chi connectivity index (χ1) is 12.2. The number of likely N-dealkylation sites (N-methyl/N-ethyl adjacent to an activating group) is 1. The Kier molecular flexibility index (Phi) is 5.55. The van der Waals surface area contributed by atoms with Crippen molar-refractivity contribution < 1.29 is 9.18 Å². The van der Waals surface area contributed by atoms with Crippen LogP contribution in [0.1, 0.15) is 23.0 Å². The second kappa shape index (κ2) is 8.02. The van der Waals surface area contributed by atoms with E-state index >= 15 is 0 Å². The van der Waals surface area contributed by atoms with Gasteiger partial charge in [0.15, 0.2) is 0 Å². The van der Waals surface area contributed by atoms with Gasteiger partial charge in [-0.1, -0.05) is 19.1 Å². The molecule has 25 heavy (non-hydrogen) atoms. The summed E-state index contributed by atoms with van der Waals surface area (Å²) in [4.78, 5) is 25.3. The smallest absolute Gasteiger partial charge is 0.271 e.